The predicted octanol–water partition coefficient (Wildman–Crippen LogP) is -3.23. The fourth-order valence-electron chi connectivity index (χ4n) is 5.23. The zero-order valence-corrected chi connectivity index (χ0v) is 24.3. The van der Waals surface area contributed by atoms with Gasteiger partial charge in [0.15, 0.2) is 5.96 Å². The molecule has 0 bridgehead atoms. The van der Waals surface area contributed by atoms with Crippen LogP contribution in [0.1, 0.15) is 64.2 Å². The Morgan fingerprint density at radius 3 is 2.16 bits per heavy atom. The van der Waals surface area contributed by atoms with Crippen LogP contribution >= 0.6 is 0 Å². The van der Waals surface area contributed by atoms with Crippen LogP contribution in [0, 0.1) is 5.92 Å². The second-order valence-corrected chi connectivity index (χ2v) is 10.8. The van der Waals surface area contributed by atoms with Crippen molar-refractivity contribution in [1.29, 1.82) is 0 Å². The van der Waals surface area contributed by atoms with Gasteiger partial charge in [0.1, 0.15) is 24.2 Å². The standard InChI is InChI=1S/C26H43N9O8/c1-35-17(22(27)40)9-10-18(36)32-15(8-5-11-30-26(28)29)23(41)31-13-19(37)33-16(12-20(38)39)24(42)34-21(25(35)43)14-6-3-2-4-7-14/h14-17,21H,2-13H2,1H3,(H2,27,40)(H,31,41)(H,32,36)(H,33,37)(H,34,42)(H,38,39)(H4,28,29,30)/t15-,16-,17-,21-/m0/s1. The fraction of sp³-hybridized carbons (Fsp3) is 0.692. The third-order valence-electron chi connectivity index (χ3n) is 7.52. The van der Waals surface area contributed by atoms with Crippen molar-refractivity contribution >= 4 is 47.4 Å². The number of carbonyl (C=O) groups excluding carboxylic acids is 6. The van der Waals surface area contributed by atoms with Crippen LogP contribution in [0.3, 0.4) is 0 Å². The van der Waals surface area contributed by atoms with E-state index >= 15 is 0 Å². The van der Waals surface area contributed by atoms with Crippen molar-refractivity contribution in [2.24, 2.45) is 28.1 Å². The molecule has 0 aromatic heterocycles. The van der Waals surface area contributed by atoms with Crippen molar-refractivity contribution in [2.45, 2.75) is 88.4 Å². The summed E-state index contributed by atoms with van der Waals surface area (Å²) >= 11 is 0. The monoisotopic (exact) mass is 609 g/mol. The van der Waals surface area contributed by atoms with Crippen molar-refractivity contribution in [3.63, 3.8) is 0 Å². The molecule has 240 valence electrons. The Bertz CT molecular complexity index is 1090. The Balaban J connectivity index is 2.41. The molecule has 17 heteroatoms. The number of carboxylic acids is 1. The number of nitrogens with two attached hydrogens (primary N) is 3. The molecule has 1 saturated heterocycles. The average Bonchev–Trinajstić information content (AvgIpc) is 2.94. The number of hydrogen-bond donors (Lipinski definition) is 8. The van der Waals surface area contributed by atoms with Gasteiger partial charge in [0.25, 0.3) is 0 Å². The van der Waals surface area contributed by atoms with E-state index in [2.05, 4.69) is 26.3 Å². The summed E-state index contributed by atoms with van der Waals surface area (Å²) in [6, 6.07) is -5.04. The molecule has 11 N–H and O–H groups in total. The van der Waals surface area contributed by atoms with Gasteiger partial charge in [-0.15, -0.1) is 0 Å². The van der Waals surface area contributed by atoms with Crippen LogP contribution in [0.2, 0.25) is 0 Å². The number of rotatable bonds is 8. The summed E-state index contributed by atoms with van der Waals surface area (Å²) in [6.07, 6.45) is 2.88. The summed E-state index contributed by atoms with van der Waals surface area (Å²) in [4.78, 5) is 94.3. The third-order valence-corrected chi connectivity index (χ3v) is 7.52. The topological polar surface area (TPSA) is 282 Å². The van der Waals surface area contributed by atoms with Crippen LogP contribution < -0.4 is 38.5 Å². The van der Waals surface area contributed by atoms with Gasteiger partial charge in [-0.1, -0.05) is 19.3 Å². The molecular formula is C26H43N9O8. The number of carboxylic acid groups (broad SMARTS) is 1. The van der Waals surface area contributed by atoms with Gasteiger partial charge in [0, 0.05) is 20.0 Å². The van der Waals surface area contributed by atoms with Crippen molar-refractivity contribution < 1.29 is 38.7 Å². The molecule has 2 rings (SSSR count). The van der Waals surface area contributed by atoms with E-state index in [1.54, 1.807) is 0 Å². The number of amides is 6. The quantitative estimate of drug-likeness (QED) is 0.0773. The molecule has 43 heavy (non-hydrogen) atoms. The van der Waals surface area contributed by atoms with E-state index in [9.17, 15) is 38.7 Å². The Kier molecular flexibility index (Phi) is 13.6. The molecule has 17 nitrogen and oxygen atoms in total. The molecule has 0 aromatic carbocycles. The number of nitrogens with one attached hydrogen (secondary N) is 4. The number of carbonyl (C=O) groups is 7. The first kappa shape index (κ1) is 34.8. The van der Waals surface area contributed by atoms with E-state index in [1.807, 2.05) is 0 Å². The first-order valence-electron chi connectivity index (χ1n) is 14.3. The van der Waals surface area contributed by atoms with Gasteiger partial charge in [-0.25, -0.2) is 0 Å². The Morgan fingerprint density at radius 1 is 0.907 bits per heavy atom. The molecule has 2 fully saturated rings. The summed E-state index contributed by atoms with van der Waals surface area (Å²) in [5.41, 5.74) is 16.2. The van der Waals surface area contributed by atoms with E-state index in [4.69, 9.17) is 17.2 Å². The minimum atomic E-state index is -1.57. The zero-order valence-electron chi connectivity index (χ0n) is 24.3. The summed E-state index contributed by atoms with van der Waals surface area (Å²) in [5.74, 6) is -6.47. The van der Waals surface area contributed by atoms with Gasteiger partial charge in [-0.2, -0.15) is 0 Å². The van der Waals surface area contributed by atoms with Crippen LogP contribution in [0.15, 0.2) is 4.99 Å². The summed E-state index contributed by atoms with van der Waals surface area (Å²) in [6.45, 7) is -0.465. The van der Waals surface area contributed by atoms with Crippen LogP contribution in [0.5, 0.6) is 0 Å². The van der Waals surface area contributed by atoms with E-state index in [1.165, 1.54) is 7.05 Å². The van der Waals surface area contributed by atoms with Crippen LogP contribution in [0.25, 0.3) is 0 Å². The van der Waals surface area contributed by atoms with E-state index in [0.717, 1.165) is 24.2 Å². The number of likely N-dealkylation sites (N-methyl/N-ethyl adjacent to an activating group) is 1. The molecule has 0 aromatic rings. The number of hydrogen-bond acceptors (Lipinski definition) is 8. The molecule has 1 saturated carbocycles. The largest absolute Gasteiger partial charge is 0.481 e. The van der Waals surface area contributed by atoms with Crippen LogP contribution in [0.4, 0.5) is 0 Å². The second-order valence-electron chi connectivity index (χ2n) is 10.8. The molecule has 2 aliphatic rings. The van der Waals surface area contributed by atoms with Gasteiger partial charge in [-0.3, -0.25) is 38.6 Å². The van der Waals surface area contributed by atoms with Gasteiger partial charge >= 0.3 is 5.97 Å². The Morgan fingerprint density at radius 2 is 1.56 bits per heavy atom. The molecule has 4 atom stereocenters. The summed E-state index contributed by atoms with van der Waals surface area (Å²) in [5, 5.41) is 19.2. The molecule has 1 heterocycles. The highest BCUT2D eigenvalue weighted by Crippen LogP contribution is 2.28. The summed E-state index contributed by atoms with van der Waals surface area (Å²) in [7, 11) is 1.34. The van der Waals surface area contributed by atoms with E-state index in [-0.39, 0.29) is 44.1 Å². The number of nitrogens with zero attached hydrogens (tertiary/aromatic N) is 2. The maximum Gasteiger partial charge on any atom is 0.305 e. The Labute approximate surface area is 249 Å². The molecule has 1 aliphatic heterocycles. The lowest BCUT2D eigenvalue weighted by Gasteiger charge is -2.35. The molecule has 0 spiro atoms. The highest BCUT2D eigenvalue weighted by Gasteiger charge is 2.38. The minimum Gasteiger partial charge on any atom is -0.481 e. The van der Waals surface area contributed by atoms with Gasteiger partial charge in [-0.05, 0) is 38.0 Å². The van der Waals surface area contributed by atoms with Crippen LogP contribution in [-0.2, 0) is 33.6 Å². The highest BCUT2D eigenvalue weighted by molar-refractivity contribution is 5.97. The SMILES string of the molecule is CN1C(=O)[C@H](C2CCCCC2)NC(=O)[C@H](CC(=O)O)NC(=O)CNC(=O)[C@H](CCCN=C(N)N)NC(=O)CC[C@H]1C(N)=O. The van der Waals surface area contributed by atoms with E-state index in [0.29, 0.717) is 12.8 Å². The molecule has 6 amide bonds. The smallest absolute Gasteiger partial charge is 0.305 e. The van der Waals surface area contributed by atoms with E-state index < -0.39 is 78.5 Å². The number of primary amides is 1. The van der Waals surface area contributed by atoms with Crippen molar-refractivity contribution in [2.75, 3.05) is 20.1 Å². The second kappa shape index (κ2) is 16.9. The van der Waals surface area contributed by atoms with Crippen molar-refractivity contribution in [1.82, 2.24) is 26.2 Å². The fourth-order valence-corrected chi connectivity index (χ4v) is 5.23. The number of aliphatic carboxylic acids is 1. The summed E-state index contributed by atoms with van der Waals surface area (Å²) < 4.78 is 0. The van der Waals surface area contributed by atoms with Gasteiger partial charge < -0.3 is 48.5 Å². The third kappa shape index (κ3) is 11.4. The van der Waals surface area contributed by atoms with Crippen molar-refractivity contribution in [3.8, 4) is 0 Å². The maximum absolute atomic E-state index is 13.7. The lowest BCUT2D eigenvalue weighted by atomic mass is 9.83. The normalized spacial score (nSPS) is 25.4. The lowest BCUT2D eigenvalue weighted by Crippen LogP contribution is -2.59. The lowest BCUT2D eigenvalue weighted by molar-refractivity contribution is -0.144. The number of guanidine groups is 1. The zero-order chi connectivity index (χ0) is 32.1. The first-order valence-corrected chi connectivity index (χ1v) is 14.3. The number of aliphatic imine (C=N–C) groups is 1. The molecule has 0 radical (unpaired) electrons. The van der Waals surface area contributed by atoms with Crippen LogP contribution in [-0.4, -0.2) is 102 Å². The average molecular weight is 610 g/mol. The van der Waals surface area contributed by atoms with Gasteiger partial charge in [0.2, 0.25) is 35.4 Å². The van der Waals surface area contributed by atoms with Gasteiger partial charge in [0.05, 0.1) is 13.0 Å². The maximum atomic E-state index is 13.7. The minimum absolute atomic E-state index is 0.0841. The Hall–Kier alpha value is -4.44. The highest BCUT2D eigenvalue weighted by atomic mass is 16.4. The molecule has 0 unspecified atom stereocenters. The predicted molar refractivity (Wildman–Crippen MR) is 153 cm³/mol. The molecule has 1 aliphatic carbocycles. The first-order chi connectivity index (χ1) is 20.3. The molecular weight excluding hydrogens is 566 g/mol. The van der Waals surface area contributed by atoms with Crippen molar-refractivity contribution in [3.05, 3.63) is 0 Å².